The van der Waals surface area contributed by atoms with Crippen molar-refractivity contribution in [2.24, 2.45) is 29.1 Å². The van der Waals surface area contributed by atoms with E-state index in [1.165, 1.54) is 24.8 Å². The van der Waals surface area contributed by atoms with E-state index >= 15 is 0 Å². The number of likely N-dealkylation sites (tertiary alicyclic amines) is 1. The second-order valence-electron chi connectivity index (χ2n) is 11.8. The van der Waals surface area contributed by atoms with E-state index in [9.17, 15) is 23.4 Å². The number of hydrogen-bond donors (Lipinski definition) is 2. The van der Waals surface area contributed by atoms with Gasteiger partial charge in [-0.05, 0) is 98.8 Å². The molecule has 3 nitrogen and oxygen atoms in total. The van der Waals surface area contributed by atoms with E-state index < -0.39 is 24.3 Å². The molecule has 0 aromatic rings. The summed E-state index contributed by atoms with van der Waals surface area (Å²) in [5, 5.41) is 20.2. The van der Waals surface area contributed by atoms with E-state index in [4.69, 9.17) is 0 Å². The van der Waals surface area contributed by atoms with E-state index in [0.29, 0.717) is 43.7 Å². The number of fused-ring (bicyclic) bond motifs is 1. The average molecular weight is 482 g/mol. The third kappa shape index (κ3) is 5.34. The van der Waals surface area contributed by atoms with Gasteiger partial charge in [-0.2, -0.15) is 13.2 Å². The maximum Gasteiger partial charge on any atom is 0.391 e. The van der Waals surface area contributed by atoms with Gasteiger partial charge in [0.05, 0.1) is 18.1 Å². The van der Waals surface area contributed by atoms with Gasteiger partial charge < -0.3 is 15.1 Å². The first-order valence-corrected chi connectivity index (χ1v) is 13.2. The molecule has 1 saturated heterocycles. The number of alkyl halides is 3. The average Bonchev–Trinajstić information content (AvgIpc) is 3.12. The highest BCUT2D eigenvalue weighted by molar-refractivity contribution is 5.38. The molecule has 1 heterocycles. The molecule has 0 bridgehead atoms. The molecule has 0 aromatic heterocycles. The second kappa shape index (κ2) is 10.1. The van der Waals surface area contributed by atoms with Crippen LogP contribution in [0.3, 0.4) is 0 Å². The Bertz CT molecular complexity index is 811. The molecule has 6 atom stereocenters. The first kappa shape index (κ1) is 26.0. The smallest absolute Gasteiger partial charge is 0.391 e. The topological polar surface area (TPSA) is 43.7 Å². The van der Waals surface area contributed by atoms with Crippen molar-refractivity contribution in [2.75, 3.05) is 19.6 Å². The Morgan fingerprint density at radius 3 is 2.53 bits per heavy atom. The number of aliphatic hydroxyl groups is 2. The Labute approximate surface area is 202 Å². The van der Waals surface area contributed by atoms with Crippen LogP contribution in [0, 0.1) is 29.1 Å². The molecule has 0 amide bonds. The lowest BCUT2D eigenvalue weighted by molar-refractivity contribution is -0.185. The van der Waals surface area contributed by atoms with Gasteiger partial charge in [0.2, 0.25) is 0 Å². The van der Waals surface area contributed by atoms with Crippen LogP contribution in [-0.2, 0) is 0 Å². The molecule has 3 saturated carbocycles. The predicted octanol–water partition coefficient (Wildman–Crippen LogP) is 6.04. The number of aliphatic hydroxyl groups excluding tert-OH is 2. The van der Waals surface area contributed by atoms with Crippen LogP contribution in [0.15, 0.2) is 35.5 Å². The molecule has 0 aromatic carbocycles. The van der Waals surface area contributed by atoms with E-state index in [1.54, 1.807) is 0 Å². The van der Waals surface area contributed by atoms with Gasteiger partial charge in [0, 0.05) is 13.0 Å². The summed E-state index contributed by atoms with van der Waals surface area (Å²) >= 11 is 0. The Morgan fingerprint density at radius 1 is 1.15 bits per heavy atom. The molecule has 192 valence electrons. The Kier molecular flexibility index (Phi) is 7.71. The van der Waals surface area contributed by atoms with Crippen molar-refractivity contribution in [3.05, 3.63) is 35.5 Å². The molecular formula is C28H42F3NO2. The lowest BCUT2D eigenvalue weighted by atomic mass is 9.61. The van der Waals surface area contributed by atoms with Crippen LogP contribution >= 0.6 is 0 Å². The lowest BCUT2D eigenvalue weighted by Crippen LogP contribution is -2.44. The van der Waals surface area contributed by atoms with Crippen molar-refractivity contribution in [3.8, 4) is 0 Å². The highest BCUT2D eigenvalue weighted by Crippen LogP contribution is 2.59. The first-order valence-electron chi connectivity index (χ1n) is 13.2. The zero-order valence-corrected chi connectivity index (χ0v) is 20.8. The van der Waals surface area contributed by atoms with Gasteiger partial charge in [0.25, 0.3) is 0 Å². The molecule has 34 heavy (non-hydrogen) atoms. The van der Waals surface area contributed by atoms with Gasteiger partial charge >= 0.3 is 6.18 Å². The number of halogens is 3. The number of nitrogens with zero attached hydrogens (tertiary/aromatic N) is 1. The minimum atomic E-state index is -4.05. The SMILES string of the molecule is C=C1/C(=C\C=C2/CCC[C@]3(C)[C@@H]([C@@H](C)CN4CCC(C(F)(F)F)CC4)CC[C@@H]23)C[C@@H](O)C[C@@H]1O. The van der Waals surface area contributed by atoms with Crippen LogP contribution < -0.4 is 0 Å². The van der Waals surface area contributed by atoms with Gasteiger partial charge in [-0.25, -0.2) is 0 Å². The molecule has 0 unspecified atom stereocenters. The lowest BCUT2D eigenvalue weighted by Gasteiger charge is -2.45. The van der Waals surface area contributed by atoms with E-state index in [-0.39, 0.29) is 18.3 Å². The van der Waals surface area contributed by atoms with E-state index in [0.717, 1.165) is 30.5 Å². The fraction of sp³-hybridized carbons (Fsp3) is 0.786. The molecular weight excluding hydrogens is 439 g/mol. The first-order chi connectivity index (χ1) is 16.0. The van der Waals surface area contributed by atoms with Crippen molar-refractivity contribution in [1.82, 2.24) is 4.90 Å². The normalized spacial score (nSPS) is 39.6. The summed E-state index contributed by atoms with van der Waals surface area (Å²) in [6.07, 6.45) is 6.28. The summed E-state index contributed by atoms with van der Waals surface area (Å²) < 4.78 is 39.1. The van der Waals surface area contributed by atoms with Gasteiger partial charge in [0.1, 0.15) is 0 Å². The third-order valence-electron chi connectivity index (χ3n) is 9.59. The maximum absolute atomic E-state index is 13.0. The van der Waals surface area contributed by atoms with Gasteiger partial charge in [-0.15, -0.1) is 0 Å². The standard InChI is InChI=1S/C28H42F3NO2/c1-18(17-32-13-10-22(11-14-32)28(29,30)31)24-8-9-25-20(5-4-12-27(24,25)3)6-7-21-15-23(33)16-26(34)19(21)2/h6-7,18,22-26,33-34H,2,4-5,8-17H2,1,3H3/b20-6+,21-7-/t18-,23+,24+,25-,26-,27+/m0/s1. The molecule has 4 rings (SSSR count). The summed E-state index contributed by atoms with van der Waals surface area (Å²) in [6.45, 7) is 10.8. The Balaban J connectivity index is 1.41. The monoisotopic (exact) mass is 481 g/mol. The van der Waals surface area contributed by atoms with Crippen molar-refractivity contribution in [1.29, 1.82) is 0 Å². The maximum atomic E-state index is 13.0. The second-order valence-corrected chi connectivity index (χ2v) is 11.8. The summed E-state index contributed by atoms with van der Waals surface area (Å²) in [6, 6.07) is 0. The van der Waals surface area contributed by atoms with Crippen molar-refractivity contribution < 1.29 is 23.4 Å². The van der Waals surface area contributed by atoms with Crippen LogP contribution in [0.4, 0.5) is 13.2 Å². The zero-order chi connectivity index (χ0) is 24.7. The van der Waals surface area contributed by atoms with E-state index in [2.05, 4.69) is 37.5 Å². The van der Waals surface area contributed by atoms with E-state index in [1.807, 2.05) is 0 Å². The molecule has 2 N–H and O–H groups in total. The van der Waals surface area contributed by atoms with Gasteiger partial charge in [-0.1, -0.05) is 38.2 Å². The van der Waals surface area contributed by atoms with Crippen LogP contribution in [0.1, 0.15) is 71.6 Å². The quantitative estimate of drug-likeness (QED) is 0.515. The molecule has 3 aliphatic carbocycles. The highest BCUT2D eigenvalue weighted by Gasteiger charge is 2.51. The van der Waals surface area contributed by atoms with Crippen LogP contribution in [-0.4, -0.2) is 53.1 Å². The fourth-order valence-electron chi connectivity index (χ4n) is 7.66. The number of hydrogen-bond acceptors (Lipinski definition) is 3. The van der Waals surface area contributed by atoms with Crippen molar-refractivity contribution >= 4 is 0 Å². The molecule has 4 fully saturated rings. The summed E-state index contributed by atoms with van der Waals surface area (Å²) in [5.74, 6) is 0.462. The number of rotatable bonds is 4. The number of allylic oxidation sites excluding steroid dienone is 3. The molecule has 6 heteroatoms. The molecule has 0 radical (unpaired) electrons. The van der Waals surface area contributed by atoms with Gasteiger partial charge in [-0.3, -0.25) is 0 Å². The molecule has 1 aliphatic heterocycles. The van der Waals surface area contributed by atoms with Crippen LogP contribution in [0.2, 0.25) is 0 Å². The fourth-order valence-corrected chi connectivity index (χ4v) is 7.66. The van der Waals surface area contributed by atoms with Gasteiger partial charge in [0.15, 0.2) is 0 Å². The largest absolute Gasteiger partial charge is 0.393 e. The highest BCUT2D eigenvalue weighted by atomic mass is 19.4. The summed E-state index contributed by atoms with van der Waals surface area (Å²) in [7, 11) is 0. The predicted molar refractivity (Wildman–Crippen MR) is 129 cm³/mol. The van der Waals surface area contributed by atoms with Crippen molar-refractivity contribution in [2.45, 2.75) is 90.0 Å². The summed E-state index contributed by atoms with van der Waals surface area (Å²) in [4.78, 5) is 2.26. The Hall–Kier alpha value is -1.11. The molecule has 4 aliphatic rings. The van der Waals surface area contributed by atoms with Crippen LogP contribution in [0.5, 0.6) is 0 Å². The third-order valence-corrected chi connectivity index (χ3v) is 9.59. The molecule has 0 spiro atoms. The number of piperidine rings is 1. The van der Waals surface area contributed by atoms with Crippen LogP contribution in [0.25, 0.3) is 0 Å². The minimum Gasteiger partial charge on any atom is -0.393 e. The zero-order valence-electron chi connectivity index (χ0n) is 20.8. The Morgan fingerprint density at radius 2 is 1.85 bits per heavy atom. The van der Waals surface area contributed by atoms with Crippen molar-refractivity contribution in [3.63, 3.8) is 0 Å². The minimum absolute atomic E-state index is 0.231. The summed E-state index contributed by atoms with van der Waals surface area (Å²) in [5.41, 5.74) is 3.39.